The zero-order chi connectivity index (χ0) is 56.3. The molecule has 7 rings (SSSR count). The van der Waals surface area contributed by atoms with E-state index in [0.717, 1.165) is 52.4 Å². The molecule has 0 bridgehead atoms. The van der Waals surface area contributed by atoms with Gasteiger partial charge in [0.25, 0.3) is 11.1 Å². The Balaban J connectivity index is 0.000000381. The fraction of sp³-hybridized carbons (Fsp3) is 0.463. The molecule has 76 heavy (non-hydrogen) atoms. The molecular weight excluding hydrogens is 1010 g/mol. The number of nitrogens with zero attached hydrogens (tertiary/aromatic N) is 9. The summed E-state index contributed by atoms with van der Waals surface area (Å²) in [5, 5.41) is 15.5. The Morgan fingerprint density at radius 2 is 1.46 bits per heavy atom. The number of amides is 4. The molecule has 4 amide bonds. The summed E-state index contributed by atoms with van der Waals surface area (Å²) in [7, 11) is 6.00. The second-order valence-corrected chi connectivity index (χ2v) is 15.9. The van der Waals surface area contributed by atoms with Crippen LogP contribution in [0.4, 0.5) is 23.5 Å². The number of hydrogen-bond donors (Lipinski definition) is 17. The molecule has 6 aromatic heterocycles. The molecule has 1 atom stereocenters. The number of aromatic nitrogens is 12. The van der Waals surface area contributed by atoms with Crippen LogP contribution in [0.2, 0.25) is 0 Å². The normalized spacial score (nSPS) is 12.9. The summed E-state index contributed by atoms with van der Waals surface area (Å²) in [6.45, 7) is 9.18. The summed E-state index contributed by atoms with van der Waals surface area (Å²) < 4.78 is 0.359. The molecule has 0 saturated carbocycles. The van der Waals surface area contributed by atoms with Crippen molar-refractivity contribution in [2.24, 2.45) is 16.4 Å². The maximum atomic E-state index is 12.5. The van der Waals surface area contributed by atoms with Crippen molar-refractivity contribution in [2.75, 3.05) is 115 Å². The van der Waals surface area contributed by atoms with E-state index in [0.29, 0.717) is 58.1 Å². The van der Waals surface area contributed by atoms with E-state index in [2.05, 4.69) is 116 Å². The van der Waals surface area contributed by atoms with Crippen molar-refractivity contribution in [3.63, 3.8) is 0 Å². The molecule has 1 saturated heterocycles. The van der Waals surface area contributed by atoms with Crippen LogP contribution in [-0.4, -0.2) is 199 Å². The van der Waals surface area contributed by atoms with Gasteiger partial charge < -0.3 is 80.8 Å². The van der Waals surface area contributed by atoms with Crippen LogP contribution in [0.25, 0.3) is 22.3 Å². The molecule has 0 spiro atoms. The Hall–Kier alpha value is -8.38. The molecule has 33 nitrogen and oxygen atoms in total. The second kappa shape index (κ2) is 36.5. The first-order valence-electron chi connectivity index (χ1n) is 23.4. The molecule has 7 heterocycles. The standard InChI is InChI=1S/C22H45N9O4.C5H6N6.C5H5N5O.C4H5N3O.C4H4N2OS.CH3BN/c1-2-21(34)31(17-20(33)29-18(22(24)35)4-3-5-23)15-12-28-19(32)16-30-13-10-26-8-6-25-7-9-27-11-14-30;6-3-2-4(9-1-8-2)11-5(7)10-3;6-5-9-3-2(4(11)10-5)7-1-8-3;5-3-1-2-6-4(8)7-3;7-3-1-2-5-4(8)6-3;1-3-2/h18,25-27H,2-17,23H2,1H3,(H2,24,35)(H,28,32)(H,29,33);1H,(H5,6,7,8,9,10,11);1H,(H4,6,7,8,9,10,11);1-2H,(H3,5,6,7,8);1-2H,(H2,5,6,7,8);1H3/t18-;;;;;/m0...../s1. The summed E-state index contributed by atoms with van der Waals surface area (Å²) in [6.07, 6.45) is 6.85. The first-order valence-corrected chi connectivity index (χ1v) is 23.8. The molecular formula is C41H68BN26O7S. The SMILES string of the molecule is CCC(=O)N(CCNC(=O)CN1CCNCCNCCNCC1)CC(=O)N[C@@H](CCCN)C(N)=O.Nc1ccnc(=O)[nH]1.Nc1nc(N)c2[nH]cnc2n1.Nc1nc2nc[nH]c2c(=O)[nH]1.O=c1cc[nH]c(=S)[nH]1.[B]=NC. The van der Waals surface area contributed by atoms with Crippen LogP contribution in [0, 0.1) is 4.77 Å². The van der Waals surface area contributed by atoms with Gasteiger partial charge in [0.15, 0.2) is 27.4 Å². The number of fused-ring (bicyclic) bond motifs is 2. The van der Waals surface area contributed by atoms with Gasteiger partial charge >= 0.3 is 25.3 Å². The van der Waals surface area contributed by atoms with Crippen LogP contribution in [0.3, 0.4) is 0 Å². The van der Waals surface area contributed by atoms with Gasteiger partial charge in [-0.25, -0.2) is 19.7 Å². The molecule has 413 valence electrons. The van der Waals surface area contributed by atoms with Crippen molar-refractivity contribution in [1.29, 1.82) is 0 Å². The predicted molar refractivity (Wildman–Crippen MR) is 289 cm³/mol. The van der Waals surface area contributed by atoms with E-state index < -0.39 is 23.5 Å². The van der Waals surface area contributed by atoms with E-state index in [1.807, 2.05) is 0 Å². The van der Waals surface area contributed by atoms with Crippen molar-refractivity contribution in [2.45, 2.75) is 32.2 Å². The number of carbonyl (C=O) groups is 4. The van der Waals surface area contributed by atoms with Crippen LogP contribution in [0.5, 0.6) is 0 Å². The van der Waals surface area contributed by atoms with Gasteiger partial charge in [-0.1, -0.05) is 6.92 Å². The van der Waals surface area contributed by atoms with E-state index in [9.17, 15) is 33.6 Å². The monoisotopic (exact) mass is 1080 g/mol. The van der Waals surface area contributed by atoms with E-state index >= 15 is 0 Å². The fourth-order valence-electron chi connectivity index (χ4n) is 6.10. The summed E-state index contributed by atoms with van der Waals surface area (Å²) in [5.41, 5.74) is 33.0. The average Bonchev–Trinajstić information content (AvgIpc) is 4.05. The first-order chi connectivity index (χ1) is 36.4. The molecule has 0 aromatic carbocycles. The third-order valence-corrected chi connectivity index (χ3v) is 9.85. The minimum absolute atomic E-state index is 0.0783. The van der Waals surface area contributed by atoms with Crippen LogP contribution in [0.15, 0.2) is 56.5 Å². The first kappa shape index (κ1) is 63.7. The molecule has 35 heteroatoms. The maximum absolute atomic E-state index is 12.5. The summed E-state index contributed by atoms with van der Waals surface area (Å²) >= 11 is 4.59. The number of hydrogen-bond acceptors (Lipinski definition) is 24. The summed E-state index contributed by atoms with van der Waals surface area (Å²) in [5.74, 6) is -0.597. The summed E-state index contributed by atoms with van der Waals surface area (Å²) in [6, 6.07) is 2.06. The zero-order valence-corrected chi connectivity index (χ0v) is 43.0. The summed E-state index contributed by atoms with van der Waals surface area (Å²) in [4.78, 5) is 124. The Kier molecular flexibility index (Phi) is 30.6. The Morgan fingerprint density at radius 1 is 0.842 bits per heavy atom. The third-order valence-electron chi connectivity index (χ3n) is 9.63. The number of aromatic amines is 6. The van der Waals surface area contributed by atoms with Crippen LogP contribution in [-0.2, 0) is 19.2 Å². The molecule has 1 aliphatic rings. The number of nitrogen functional groups attached to an aromatic ring is 4. The topological polar surface area (TPSA) is 527 Å². The van der Waals surface area contributed by atoms with E-state index in [1.54, 1.807) is 6.92 Å². The number of primary amides is 1. The molecule has 0 aliphatic carbocycles. The fourth-order valence-corrected chi connectivity index (χ4v) is 6.27. The van der Waals surface area contributed by atoms with Crippen LogP contribution < -0.4 is 77.8 Å². The van der Waals surface area contributed by atoms with Gasteiger partial charge in [0.2, 0.25) is 35.5 Å². The second-order valence-electron chi connectivity index (χ2n) is 15.5. The van der Waals surface area contributed by atoms with Crippen molar-refractivity contribution in [3.8, 4) is 0 Å². The minimum atomic E-state index is -0.829. The molecule has 1 radical (unpaired) electrons. The number of anilines is 4. The Labute approximate surface area is 440 Å². The zero-order valence-electron chi connectivity index (χ0n) is 42.2. The van der Waals surface area contributed by atoms with Gasteiger partial charge in [-0.3, -0.25) is 48.6 Å². The number of carbonyl (C=O) groups excluding carboxylic acids is 4. The Morgan fingerprint density at radius 3 is 2.00 bits per heavy atom. The van der Waals surface area contributed by atoms with Crippen molar-refractivity contribution < 1.29 is 19.2 Å². The molecule has 23 N–H and O–H groups in total. The van der Waals surface area contributed by atoms with Gasteiger partial charge in [-0.05, 0) is 37.7 Å². The number of H-pyrrole nitrogens is 6. The van der Waals surface area contributed by atoms with Crippen LogP contribution >= 0.6 is 12.2 Å². The molecule has 6 aromatic rings. The van der Waals surface area contributed by atoms with Gasteiger partial charge in [0.05, 0.1) is 25.7 Å². The molecule has 1 aliphatic heterocycles. The van der Waals surface area contributed by atoms with Crippen molar-refractivity contribution in [1.82, 2.24) is 96.2 Å². The number of nitrogens with two attached hydrogens (primary N) is 6. The molecule has 0 unspecified atom stereocenters. The quantitative estimate of drug-likeness (QED) is 0.0379. The van der Waals surface area contributed by atoms with Gasteiger partial charge in [0, 0.05) is 90.3 Å². The Bertz CT molecular complexity index is 2890. The van der Waals surface area contributed by atoms with E-state index in [-0.39, 0.29) is 67.4 Å². The average molecular weight is 1080 g/mol. The van der Waals surface area contributed by atoms with Gasteiger partial charge in [-0.2, -0.15) is 15.0 Å². The number of imidazole rings is 2. The van der Waals surface area contributed by atoms with Crippen molar-refractivity contribution in [3.05, 3.63) is 73.1 Å². The predicted octanol–water partition coefficient (Wildman–Crippen LogP) is -5.37. The van der Waals surface area contributed by atoms with Gasteiger partial charge in [0.1, 0.15) is 17.4 Å². The van der Waals surface area contributed by atoms with Crippen molar-refractivity contribution >= 4 is 89.3 Å². The third kappa shape index (κ3) is 26.5. The van der Waals surface area contributed by atoms with Gasteiger partial charge in [-0.15, -0.1) is 0 Å². The number of rotatable bonds is 13. The van der Waals surface area contributed by atoms with E-state index in [4.69, 9.17) is 34.4 Å². The molecule has 1 fully saturated rings. The number of nitrogens with one attached hydrogen (secondary N) is 11. The van der Waals surface area contributed by atoms with E-state index in [1.165, 1.54) is 49.1 Å². The van der Waals surface area contributed by atoms with Crippen LogP contribution in [0.1, 0.15) is 26.2 Å².